The normalized spacial score (nSPS) is 22.4. The van der Waals surface area contributed by atoms with Crippen LogP contribution in [0.1, 0.15) is 45.1 Å². The standard InChI is InChI=1S/C15H20ClN5/c1-2-10-4-3-5-12(8-10)21-15(18-19-20-21)11-6-7-13(16)14(17)9-11/h6-7,9-10,12H,2-5,8,17H2,1H3. The Morgan fingerprint density at radius 1 is 1.38 bits per heavy atom. The van der Waals surface area contributed by atoms with Gasteiger partial charge in [-0.3, -0.25) is 0 Å². The molecular weight excluding hydrogens is 286 g/mol. The van der Waals surface area contributed by atoms with Crippen LogP contribution in [-0.4, -0.2) is 20.2 Å². The van der Waals surface area contributed by atoms with Crippen LogP contribution in [0, 0.1) is 5.92 Å². The predicted octanol–water partition coefficient (Wildman–Crippen LogP) is 3.72. The quantitative estimate of drug-likeness (QED) is 0.877. The molecule has 2 N–H and O–H groups in total. The fourth-order valence-corrected chi connectivity index (χ4v) is 3.29. The molecule has 1 aliphatic carbocycles. The van der Waals surface area contributed by atoms with E-state index in [4.69, 9.17) is 17.3 Å². The molecule has 1 saturated carbocycles. The van der Waals surface area contributed by atoms with Crippen LogP contribution in [0.25, 0.3) is 11.4 Å². The highest BCUT2D eigenvalue weighted by atomic mass is 35.5. The number of nitrogens with two attached hydrogens (primary N) is 1. The summed E-state index contributed by atoms with van der Waals surface area (Å²) in [5.74, 6) is 1.55. The minimum Gasteiger partial charge on any atom is -0.398 e. The molecule has 1 aromatic carbocycles. The molecule has 2 unspecified atom stereocenters. The van der Waals surface area contributed by atoms with E-state index in [1.54, 1.807) is 6.07 Å². The number of tetrazole rings is 1. The van der Waals surface area contributed by atoms with Crippen LogP contribution in [0.2, 0.25) is 5.02 Å². The monoisotopic (exact) mass is 305 g/mol. The zero-order valence-corrected chi connectivity index (χ0v) is 12.9. The summed E-state index contributed by atoms with van der Waals surface area (Å²) in [7, 11) is 0. The van der Waals surface area contributed by atoms with Crippen LogP contribution in [0.3, 0.4) is 0 Å². The molecule has 112 valence electrons. The van der Waals surface area contributed by atoms with Gasteiger partial charge < -0.3 is 5.73 Å². The van der Waals surface area contributed by atoms with E-state index in [-0.39, 0.29) is 0 Å². The first-order valence-corrected chi connectivity index (χ1v) is 7.90. The summed E-state index contributed by atoms with van der Waals surface area (Å²) in [6, 6.07) is 5.93. The van der Waals surface area contributed by atoms with Crippen LogP contribution >= 0.6 is 11.6 Å². The van der Waals surface area contributed by atoms with Crippen molar-refractivity contribution >= 4 is 17.3 Å². The summed E-state index contributed by atoms with van der Waals surface area (Å²) in [5.41, 5.74) is 7.36. The maximum Gasteiger partial charge on any atom is 0.182 e. The van der Waals surface area contributed by atoms with Gasteiger partial charge in [-0.05, 0) is 47.4 Å². The molecule has 6 heteroatoms. The van der Waals surface area contributed by atoms with Gasteiger partial charge in [-0.1, -0.05) is 37.8 Å². The van der Waals surface area contributed by atoms with E-state index in [0.29, 0.717) is 16.8 Å². The molecule has 0 amide bonds. The molecule has 1 fully saturated rings. The van der Waals surface area contributed by atoms with Crippen molar-refractivity contribution in [3.05, 3.63) is 23.2 Å². The van der Waals surface area contributed by atoms with E-state index < -0.39 is 0 Å². The summed E-state index contributed by atoms with van der Waals surface area (Å²) in [5, 5.41) is 12.8. The van der Waals surface area contributed by atoms with Gasteiger partial charge in [0, 0.05) is 5.56 Å². The van der Waals surface area contributed by atoms with E-state index in [0.717, 1.165) is 30.1 Å². The largest absolute Gasteiger partial charge is 0.398 e. The molecule has 0 radical (unpaired) electrons. The number of nitrogens with zero attached hydrogens (tertiary/aromatic N) is 4. The van der Waals surface area contributed by atoms with Gasteiger partial charge in [0.15, 0.2) is 5.82 Å². The first kappa shape index (κ1) is 14.3. The fraction of sp³-hybridized carbons (Fsp3) is 0.533. The molecule has 0 aliphatic heterocycles. The number of nitrogen functional groups attached to an aromatic ring is 1. The Morgan fingerprint density at radius 3 is 3.00 bits per heavy atom. The van der Waals surface area contributed by atoms with Crippen molar-refractivity contribution in [1.82, 2.24) is 20.2 Å². The molecule has 2 aromatic rings. The van der Waals surface area contributed by atoms with Crippen molar-refractivity contribution in [2.24, 2.45) is 5.92 Å². The molecular formula is C15H20ClN5. The molecule has 0 spiro atoms. The maximum absolute atomic E-state index is 5.98. The Morgan fingerprint density at radius 2 is 2.24 bits per heavy atom. The first-order chi connectivity index (χ1) is 10.2. The van der Waals surface area contributed by atoms with Crippen molar-refractivity contribution in [2.45, 2.75) is 45.1 Å². The maximum atomic E-state index is 5.98. The predicted molar refractivity (Wildman–Crippen MR) is 84.0 cm³/mol. The first-order valence-electron chi connectivity index (χ1n) is 7.52. The number of rotatable bonds is 3. The number of hydrogen-bond acceptors (Lipinski definition) is 4. The van der Waals surface area contributed by atoms with Gasteiger partial charge in [-0.2, -0.15) is 0 Å². The van der Waals surface area contributed by atoms with Crippen molar-refractivity contribution in [1.29, 1.82) is 0 Å². The molecule has 1 aromatic heterocycles. The number of anilines is 1. The van der Waals surface area contributed by atoms with Gasteiger partial charge in [-0.15, -0.1) is 5.10 Å². The fourth-order valence-electron chi connectivity index (χ4n) is 3.17. The second-order valence-electron chi connectivity index (χ2n) is 5.78. The Hall–Kier alpha value is -1.62. The Balaban J connectivity index is 1.91. The third-order valence-corrected chi connectivity index (χ3v) is 4.77. The number of aromatic nitrogens is 4. The average molecular weight is 306 g/mol. The number of hydrogen-bond donors (Lipinski definition) is 1. The number of halogens is 1. The minimum absolute atomic E-state index is 0.380. The molecule has 1 aliphatic rings. The lowest BCUT2D eigenvalue weighted by Gasteiger charge is -2.28. The third kappa shape index (κ3) is 2.88. The highest BCUT2D eigenvalue weighted by Gasteiger charge is 2.25. The van der Waals surface area contributed by atoms with Crippen LogP contribution in [0.5, 0.6) is 0 Å². The van der Waals surface area contributed by atoms with E-state index in [1.807, 2.05) is 16.8 Å². The van der Waals surface area contributed by atoms with Gasteiger partial charge >= 0.3 is 0 Å². The molecule has 5 nitrogen and oxygen atoms in total. The van der Waals surface area contributed by atoms with E-state index >= 15 is 0 Å². The highest BCUT2D eigenvalue weighted by Crippen LogP contribution is 2.36. The van der Waals surface area contributed by atoms with Crippen LogP contribution < -0.4 is 5.73 Å². The SMILES string of the molecule is CCC1CCCC(n2nnnc2-c2ccc(Cl)c(N)c2)C1. The van der Waals surface area contributed by atoms with Gasteiger partial charge in [0.1, 0.15) is 0 Å². The zero-order valence-electron chi connectivity index (χ0n) is 12.2. The summed E-state index contributed by atoms with van der Waals surface area (Å²) in [6.45, 7) is 2.26. The Bertz CT molecular complexity index is 624. The molecule has 1 heterocycles. The molecule has 21 heavy (non-hydrogen) atoms. The second-order valence-corrected chi connectivity index (χ2v) is 6.19. The summed E-state index contributed by atoms with van der Waals surface area (Å²) >= 11 is 5.98. The zero-order chi connectivity index (χ0) is 14.8. The van der Waals surface area contributed by atoms with Gasteiger partial charge in [0.2, 0.25) is 0 Å². The lowest BCUT2D eigenvalue weighted by atomic mass is 9.84. The van der Waals surface area contributed by atoms with Gasteiger partial charge in [0.25, 0.3) is 0 Å². The summed E-state index contributed by atoms with van der Waals surface area (Å²) < 4.78 is 1.96. The summed E-state index contributed by atoms with van der Waals surface area (Å²) in [6.07, 6.45) is 6.07. The topological polar surface area (TPSA) is 69.6 Å². The van der Waals surface area contributed by atoms with Crippen molar-refractivity contribution in [2.75, 3.05) is 5.73 Å². The molecule has 2 atom stereocenters. The molecule has 3 rings (SSSR count). The Kier molecular flexibility index (Phi) is 4.10. The lowest BCUT2D eigenvalue weighted by Crippen LogP contribution is -2.20. The van der Waals surface area contributed by atoms with E-state index in [1.165, 1.54) is 19.3 Å². The minimum atomic E-state index is 0.380. The lowest BCUT2D eigenvalue weighted by molar-refractivity contribution is 0.246. The van der Waals surface area contributed by atoms with Crippen LogP contribution in [0.15, 0.2) is 18.2 Å². The van der Waals surface area contributed by atoms with Crippen molar-refractivity contribution < 1.29 is 0 Å². The van der Waals surface area contributed by atoms with Gasteiger partial charge in [0.05, 0.1) is 16.8 Å². The smallest absolute Gasteiger partial charge is 0.182 e. The Labute approximate surface area is 129 Å². The van der Waals surface area contributed by atoms with Gasteiger partial charge in [-0.25, -0.2) is 4.68 Å². The van der Waals surface area contributed by atoms with Crippen LogP contribution in [-0.2, 0) is 0 Å². The molecule has 0 bridgehead atoms. The van der Waals surface area contributed by atoms with Crippen LogP contribution in [0.4, 0.5) is 5.69 Å². The second kappa shape index (κ2) is 6.02. The average Bonchev–Trinajstić information content (AvgIpc) is 2.99. The molecule has 0 saturated heterocycles. The number of benzene rings is 1. The third-order valence-electron chi connectivity index (χ3n) is 4.43. The van der Waals surface area contributed by atoms with Crippen molar-refractivity contribution in [3.8, 4) is 11.4 Å². The van der Waals surface area contributed by atoms with Crippen molar-refractivity contribution in [3.63, 3.8) is 0 Å². The van der Waals surface area contributed by atoms with E-state index in [2.05, 4.69) is 22.4 Å². The highest BCUT2D eigenvalue weighted by molar-refractivity contribution is 6.33. The van der Waals surface area contributed by atoms with E-state index in [9.17, 15) is 0 Å². The summed E-state index contributed by atoms with van der Waals surface area (Å²) in [4.78, 5) is 0.